The monoisotopic (exact) mass is 368 g/mol. The number of furan rings is 1. The number of benzene rings is 1. The van der Waals surface area contributed by atoms with Crippen LogP contribution in [0.15, 0.2) is 33.1 Å². The topological polar surface area (TPSA) is 84.4 Å². The molecule has 2 aromatic heterocycles. The number of aromatic nitrogens is 2. The first-order valence-corrected chi connectivity index (χ1v) is 9.44. The molecule has 7 nitrogen and oxygen atoms in total. The van der Waals surface area contributed by atoms with E-state index in [1.165, 1.54) is 12.8 Å². The third kappa shape index (κ3) is 3.73. The van der Waals surface area contributed by atoms with Crippen molar-refractivity contribution in [1.29, 1.82) is 0 Å². The van der Waals surface area contributed by atoms with Crippen LogP contribution in [0, 0.1) is 12.8 Å². The fourth-order valence-electron chi connectivity index (χ4n) is 3.47. The number of hydrogen-bond donors (Lipinski definition) is 1. The quantitative estimate of drug-likeness (QED) is 0.744. The molecule has 27 heavy (non-hydrogen) atoms. The number of fused-ring (bicyclic) bond motifs is 1. The molecule has 7 heteroatoms. The molecular weight excluding hydrogens is 344 g/mol. The Morgan fingerprint density at radius 2 is 2.00 bits per heavy atom. The smallest absolute Gasteiger partial charge is 0.308 e. The molecule has 1 saturated heterocycles. The molecule has 3 aromatic rings. The molecular formula is C20H24N4O3. The minimum absolute atomic E-state index is 0.0443. The second-order valence-corrected chi connectivity index (χ2v) is 7.24. The molecule has 0 bridgehead atoms. The van der Waals surface area contributed by atoms with Crippen LogP contribution in [0.5, 0.6) is 0 Å². The lowest BCUT2D eigenvalue weighted by Gasteiger charge is -2.29. The van der Waals surface area contributed by atoms with E-state index in [1.807, 2.05) is 31.2 Å². The molecule has 142 valence electrons. The highest BCUT2D eigenvalue weighted by Crippen LogP contribution is 2.31. The van der Waals surface area contributed by atoms with Crippen molar-refractivity contribution in [2.24, 2.45) is 5.92 Å². The van der Waals surface area contributed by atoms with Crippen molar-refractivity contribution in [1.82, 2.24) is 20.4 Å². The van der Waals surface area contributed by atoms with Crippen molar-refractivity contribution in [3.8, 4) is 11.7 Å². The maximum absolute atomic E-state index is 12.3. The van der Waals surface area contributed by atoms with E-state index in [9.17, 15) is 4.79 Å². The Kier molecular flexibility index (Phi) is 4.94. The highest BCUT2D eigenvalue weighted by atomic mass is 16.4. The van der Waals surface area contributed by atoms with Crippen molar-refractivity contribution in [2.45, 2.75) is 26.7 Å². The van der Waals surface area contributed by atoms with Crippen LogP contribution in [0.2, 0.25) is 0 Å². The number of amides is 1. The molecule has 0 saturated carbocycles. The van der Waals surface area contributed by atoms with Gasteiger partial charge in [0.25, 0.3) is 5.89 Å². The number of likely N-dealkylation sites (tertiary alicyclic amines) is 1. The maximum atomic E-state index is 12.3. The first kappa shape index (κ1) is 17.7. The highest BCUT2D eigenvalue weighted by molar-refractivity contribution is 5.90. The largest absolute Gasteiger partial charge is 0.451 e. The van der Waals surface area contributed by atoms with Crippen LogP contribution in [0.3, 0.4) is 0 Å². The normalized spacial score (nSPS) is 16.1. The van der Waals surface area contributed by atoms with Gasteiger partial charge in [-0.25, -0.2) is 0 Å². The average Bonchev–Trinajstić information content (AvgIpc) is 3.29. The summed E-state index contributed by atoms with van der Waals surface area (Å²) in [4.78, 5) is 14.7. The number of rotatable bonds is 5. The van der Waals surface area contributed by atoms with Crippen LogP contribution in [-0.2, 0) is 0 Å². The zero-order valence-corrected chi connectivity index (χ0v) is 15.7. The molecule has 0 atom stereocenters. The van der Waals surface area contributed by atoms with E-state index in [4.69, 9.17) is 8.83 Å². The zero-order valence-electron chi connectivity index (χ0n) is 15.7. The predicted octanol–water partition coefficient (Wildman–Crippen LogP) is 3.25. The van der Waals surface area contributed by atoms with E-state index in [0.29, 0.717) is 12.3 Å². The Morgan fingerprint density at radius 1 is 1.22 bits per heavy atom. The molecule has 0 aliphatic carbocycles. The van der Waals surface area contributed by atoms with Gasteiger partial charge in [0.2, 0.25) is 0 Å². The number of carbonyl (C=O) groups is 1. The van der Waals surface area contributed by atoms with Gasteiger partial charge in [0.15, 0.2) is 5.76 Å². The van der Waals surface area contributed by atoms with Crippen molar-refractivity contribution in [3.05, 3.63) is 35.7 Å². The van der Waals surface area contributed by atoms with Crippen molar-refractivity contribution < 1.29 is 13.6 Å². The zero-order chi connectivity index (χ0) is 18.8. The van der Waals surface area contributed by atoms with Crippen molar-refractivity contribution >= 4 is 16.9 Å². The minimum atomic E-state index is -0.354. The molecule has 4 rings (SSSR count). The predicted molar refractivity (Wildman–Crippen MR) is 101 cm³/mol. The summed E-state index contributed by atoms with van der Waals surface area (Å²) in [5.41, 5.74) is 1.67. The van der Waals surface area contributed by atoms with Gasteiger partial charge in [-0.1, -0.05) is 25.1 Å². The fourth-order valence-corrected chi connectivity index (χ4v) is 3.47. The summed E-state index contributed by atoms with van der Waals surface area (Å²) >= 11 is 0. The van der Waals surface area contributed by atoms with E-state index in [1.54, 1.807) is 0 Å². The molecule has 1 aromatic carbocycles. The average molecular weight is 368 g/mol. The van der Waals surface area contributed by atoms with Crippen LogP contribution < -0.4 is 5.32 Å². The number of para-hydroxylation sites is 1. The lowest BCUT2D eigenvalue weighted by Crippen LogP contribution is -2.39. The Morgan fingerprint density at radius 3 is 2.78 bits per heavy atom. The molecule has 1 aliphatic heterocycles. The first-order valence-electron chi connectivity index (χ1n) is 9.44. The van der Waals surface area contributed by atoms with Gasteiger partial charge in [-0.2, -0.15) is 0 Å². The SMILES string of the molecule is Cc1c(-c2nnc(C(=O)NCCN3CCC(C)CC3)o2)oc2ccccc12. The Bertz CT molecular complexity index is 938. The van der Waals surface area contributed by atoms with Crippen LogP contribution >= 0.6 is 0 Å². The van der Waals surface area contributed by atoms with Crippen LogP contribution in [0.25, 0.3) is 22.6 Å². The van der Waals surface area contributed by atoms with Gasteiger partial charge >= 0.3 is 11.8 Å². The van der Waals surface area contributed by atoms with Crippen LogP contribution in [0.1, 0.15) is 36.0 Å². The minimum Gasteiger partial charge on any atom is -0.451 e. The fraction of sp³-hybridized carbons (Fsp3) is 0.450. The van der Waals surface area contributed by atoms with Gasteiger partial charge < -0.3 is 19.1 Å². The van der Waals surface area contributed by atoms with Gasteiger partial charge in [-0.3, -0.25) is 4.79 Å². The summed E-state index contributed by atoms with van der Waals surface area (Å²) in [7, 11) is 0. The number of aryl methyl sites for hydroxylation is 1. The molecule has 3 heterocycles. The number of nitrogens with zero attached hydrogens (tertiary/aromatic N) is 3. The third-order valence-corrected chi connectivity index (χ3v) is 5.25. The van der Waals surface area contributed by atoms with Crippen molar-refractivity contribution in [2.75, 3.05) is 26.2 Å². The van der Waals surface area contributed by atoms with Gasteiger partial charge in [0, 0.05) is 24.0 Å². The second kappa shape index (κ2) is 7.52. The Balaban J connectivity index is 1.38. The summed E-state index contributed by atoms with van der Waals surface area (Å²) in [6.07, 6.45) is 2.44. The van der Waals surface area contributed by atoms with Crippen molar-refractivity contribution in [3.63, 3.8) is 0 Å². The molecule has 1 fully saturated rings. The first-order chi connectivity index (χ1) is 13.1. The molecule has 1 amide bonds. The number of hydrogen-bond acceptors (Lipinski definition) is 6. The van der Waals surface area contributed by atoms with E-state index >= 15 is 0 Å². The molecule has 0 radical (unpaired) electrons. The molecule has 0 spiro atoms. The van der Waals surface area contributed by atoms with Gasteiger partial charge in [-0.15, -0.1) is 10.2 Å². The summed E-state index contributed by atoms with van der Waals surface area (Å²) in [5, 5.41) is 11.7. The van der Waals surface area contributed by atoms with Crippen LogP contribution in [-0.4, -0.2) is 47.2 Å². The van der Waals surface area contributed by atoms with E-state index in [0.717, 1.165) is 42.1 Å². The summed E-state index contributed by atoms with van der Waals surface area (Å²) in [5.74, 6) is 1.13. The standard InChI is InChI=1S/C20H24N4O3/c1-13-7-10-24(11-8-13)12-9-21-18(25)20-23-22-19(27-20)17-14(2)15-5-3-4-6-16(15)26-17/h3-6,13H,7-12H2,1-2H3,(H,21,25). The Hall–Kier alpha value is -2.67. The van der Waals surface area contributed by atoms with Gasteiger partial charge in [-0.05, 0) is 44.8 Å². The second-order valence-electron chi connectivity index (χ2n) is 7.24. The summed E-state index contributed by atoms with van der Waals surface area (Å²) < 4.78 is 11.4. The lowest BCUT2D eigenvalue weighted by molar-refractivity contribution is 0.0910. The third-order valence-electron chi connectivity index (χ3n) is 5.25. The molecule has 0 unspecified atom stereocenters. The lowest BCUT2D eigenvalue weighted by atomic mass is 9.99. The molecule has 1 aliphatic rings. The van der Waals surface area contributed by atoms with E-state index < -0.39 is 0 Å². The maximum Gasteiger partial charge on any atom is 0.308 e. The summed E-state index contributed by atoms with van der Waals surface area (Å²) in [6, 6.07) is 7.72. The number of carbonyl (C=O) groups excluding carboxylic acids is 1. The van der Waals surface area contributed by atoms with Gasteiger partial charge in [0.1, 0.15) is 5.58 Å². The number of nitrogens with one attached hydrogen (secondary N) is 1. The number of piperidine rings is 1. The Labute approximate surface area is 157 Å². The highest BCUT2D eigenvalue weighted by Gasteiger charge is 2.21. The molecule has 1 N–H and O–H groups in total. The van der Waals surface area contributed by atoms with E-state index in [2.05, 4.69) is 27.3 Å². The summed E-state index contributed by atoms with van der Waals surface area (Å²) in [6.45, 7) is 7.80. The van der Waals surface area contributed by atoms with Crippen LogP contribution in [0.4, 0.5) is 0 Å². The van der Waals surface area contributed by atoms with Gasteiger partial charge in [0.05, 0.1) is 0 Å². The van der Waals surface area contributed by atoms with E-state index in [-0.39, 0.29) is 17.7 Å².